The van der Waals surface area contributed by atoms with Crippen molar-refractivity contribution < 1.29 is 93.8 Å². The van der Waals surface area contributed by atoms with Crippen LogP contribution in [0, 0.1) is 11.8 Å². The quantitative estimate of drug-likeness (QED) is 0.0889. The van der Waals surface area contributed by atoms with Crippen molar-refractivity contribution in [1.29, 1.82) is 0 Å². The zero-order chi connectivity index (χ0) is 36.0. The molecule has 50 heavy (non-hydrogen) atoms. The fourth-order valence-corrected chi connectivity index (χ4v) is 8.09. The number of ether oxygens (including phenoxy) is 7. The van der Waals surface area contributed by atoms with Crippen LogP contribution in [0.15, 0.2) is 0 Å². The van der Waals surface area contributed by atoms with Crippen LogP contribution in [0.4, 0.5) is 0 Å². The van der Waals surface area contributed by atoms with Gasteiger partial charge in [0, 0.05) is 25.2 Å². The van der Waals surface area contributed by atoms with Gasteiger partial charge < -0.3 is 84.2 Å². The van der Waals surface area contributed by atoms with Crippen LogP contribution >= 0.6 is 0 Å². The van der Waals surface area contributed by atoms with Crippen molar-refractivity contribution in [2.45, 2.75) is 155 Å². The van der Waals surface area contributed by atoms with Crippen molar-refractivity contribution in [3.05, 3.63) is 0 Å². The minimum atomic E-state index is -2.03. The average Bonchev–Trinajstić information content (AvgIpc) is 3.07. The molecule has 19 nitrogen and oxygen atoms in total. The van der Waals surface area contributed by atoms with Crippen LogP contribution in [0.3, 0.4) is 0 Å². The van der Waals surface area contributed by atoms with E-state index in [4.69, 9.17) is 33.2 Å². The standard InChI is InChI=1S/C31H48O19/c32-11-4-16-22-17(5-11)47-30-27(41)26(40)24(38)20(50-30)9-45-29(43)14(35)6-21(36)44-8-19-23(37)25(39)28(42)31(49-19)48-18(22)7-15(46-16)10-1-2-12(33)13(34)3-10/h10-20,22-28,30-35,37-42H,1-9H2/p+1. The molecule has 4 heterocycles. The van der Waals surface area contributed by atoms with Crippen molar-refractivity contribution in [2.24, 2.45) is 11.8 Å². The van der Waals surface area contributed by atoms with Gasteiger partial charge in [0.05, 0.1) is 42.9 Å². The highest BCUT2D eigenvalue weighted by Gasteiger charge is 2.57. The van der Waals surface area contributed by atoms with E-state index in [9.17, 15) is 60.7 Å². The van der Waals surface area contributed by atoms with Gasteiger partial charge in [-0.3, -0.25) is 4.79 Å². The fraction of sp³-hybridized carbons (Fsp3) is 0.935. The summed E-state index contributed by atoms with van der Waals surface area (Å²) in [6.45, 7) is -1.39. The van der Waals surface area contributed by atoms with Crippen LogP contribution in [0.1, 0.15) is 44.9 Å². The van der Waals surface area contributed by atoms with Crippen molar-refractivity contribution >= 4 is 11.9 Å². The molecule has 0 spiro atoms. The highest BCUT2D eigenvalue weighted by atomic mass is 16.7. The summed E-state index contributed by atoms with van der Waals surface area (Å²) in [7, 11) is 0. The Morgan fingerprint density at radius 2 is 1.10 bits per heavy atom. The molecule has 0 amide bonds. The molecule has 2 aliphatic carbocycles. The SMILES string of the molecule is O=C1CC(O)C(=O)OCC2OC(OC3CC(O)CC4[OH+]C(C5CCC(O)C(O)C5)CC(OC5OC(CO1)C(O)C(O)C5O)C34)C(O)C(O)C2O. The highest BCUT2D eigenvalue weighted by Crippen LogP contribution is 2.44. The lowest BCUT2D eigenvalue weighted by Gasteiger charge is -2.50. The number of carbonyl (C=O) groups excluding carboxylic acids is 2. The van der Waals surface area contributed by atoms with Gasteiger partial charge in [-0.25, -0.2) is 4.79 Å². The summed E-state index contributed by atoms with van der Waals surface area (Å²) in [4.78, 5) is 24.9. The summed E-state index contributed by atoms with van der Waals surface area (Å²) < 4.78 is 39.3. The molecule has 4 bridgehead atoms. The van der Waals surface area contributed by atoms with Crippen LogP contribution in [0.25, 0.3) is 0 Å². The molecular formula is C31H49O19+. The van der Waals surface area contributed by atoms with Gasteiger partial charge in [0.15, 0.2) is 30.9 Å². The van der Waals surface area contributed by atoms with Crippen molar-refractivity contribution in [2.75, 3.05) is 13.2 Å². The van der Waals surface area contributed by atoms with E-state index in [2.05, 4.69) is 0 Å². The van der Waals surface area contributed by atoms with Crippen molar-refractivity contribution in [1.82, 2.24) is 0 Å². The van der Waals surface area contributed by atoms with Gasteiger partial charge in [-0.2, -0.15) is 0 Å². The number of cyclic esters (lactones) is 2. The predicted molar refractivity (Wildman–Crippen MR) is 158 cm³/mol. The fourth-order valence-electron chi connectivity index (χ4n) is 8.09. The van der Waals surface area contributed by atoms with Crippen LogP contribution in [-0.4, -0.2) is 191 Å². The summed E-state index contributed by atoms with van der Waals surface area (Å²) >= 11 is 0. The molecule has 4 aliphatic heterocycles. The van der Waals surface area contributed by atoms with Gasteiger partial charge in [-0.05, 0) is 19.3 Å². The van der Waals surface area contributed by atoms with E-state index in [0.717, 1.165) is 0 Å². The first-order chi connectivity index (χ1) is 23.7. The summed E-state index contributed by atoms with van der Waals surface area (Å²) in [5.74, 6) is -3.32. The maximum atomic E-state index is 12.5. The molecule has 6 fully saturated rings. The second kappa shape index (κ2) is 15.7. The van der Waals surface area contributed by atoms with Crippen LogP contribution in [0.5, 0.6) is 0 Å². The second-order valence-electron chi connectivity index (χ2n) is 14.3. The number of fused-ring (bicyclic) bond motifs is 4. The summed E-state index contributed by atoms with van der Waals surface area (Å²) in [5, 5.41) is 106. The van der Waals surface area contributed by atoms with Crippen LogP contribution in [0.2, 0.25) is 0 Å². The Balaban J connectivity index is 1.33. The van der Waals surface area contributed by atoms with E-state index in [1.807, 2.05) is 0 Å². The van der Waals surface area contributed by atoms with Gasteiger partial charge in [0.25, 0.3) is 0 Å². The summed E-state index contributed by atoms with van der Waals surface area (Å²) in [6.07, 6.45) is -24.3. The first-order valence-electron chi connectivity index (χ1n) is 17.2. The number of hydrogen-bond acceptors (Lipinski definition) is 18. The Labute approximate surface area is 286 Å². The number of aliphatic hydroxyl groups excluding tert-OH is 10. The summed E-state index contributed by atoms with van der Waals surface area (Å²) in [6, 6.07) is 0. The molecule has 6 aliphatic rings. The van der Waals surface area contributed by atoms with Gasteiger partial charge in [-0.15, -0.1) is 0 Å². The molecule has 0 aromatic carbocycles. The minimum absolute atomic E-state index is 0.0272. The number of hydrogen-bond donors (Lipinski definition) is 10. The lowest BCUT2D eigenvalue weighted by atomic mass is 9.72. The number of rotatable bonds is 1. The van der Waals surface area contributed by atoms with E-state index < -0.39 is 148 Å². The molecule has 11 N–H and O–H groups in total. The van der Waals surface area contributed by atoms with E-state index in [1.54, 1.807) is 0 Å². The van der Waals surface area contributed by atoms with Gasteiger partial charge >= 0.3 is 11.9 Å². The Morgan fingerprint density at radius 1 is 0.540 bits per heavy atom. The van der Waals surface area contributed by atoms with E-state index >= 15 is 0 Å². The molecule has 286 valence electrons. The smallest absolute Gasteiger partial charge is 0.335 e. The van der Waals surface area contributed by atoms with E-state index in [-0.39, 0.29) is 31.6 Å². The lowest BCUT2D eigenvalue weighted by Crippen LogP contribution is -2.65. The Hall–Kier alpha value is -1.66. The predicted octanol–water partition coefficient (Wildman–Crippen LogP) is -5.82. The largest absolute Gasteiger partial charge is 0.463 e. The first-order valence-corrected chi connectivity index (χ1v) is 17.2. The minimum Gasteiger partial charge on any atom is -0.463 e. The van der Waals surface area contributed by atoms with Gasteiger partial charge in [0.1, 0.15) is 62.0 Å². The number of aliphatic hydroxyl groups is 12. The molecule has 2 saturated carbocycles. The molecule has 20 unspecified atom stereocenters. The highest BCUT2D eigenvalue weighted by molar-refractivity contribution is 5.81. The third-order valence-electron chi connectivity index (χ3n) is 10.9. The maximum Gasteiger partial charge on any atom is 0.335 e. The lowest BCUT2D eigenvalue weighted by molar-refractivity contribution is -0.366. The van der Waals surface area contributed by atoms with Gasteiger partial charge in [-0.1, -0.05) is 0 Å². The molecule has 0 aromatic heterocycles. The zero-order valence-corrected chi connectivity index (χ0v) is 27.1. The molecule has 20 atom stereocenters. The molecule has 0 aromatic rings. The molecular weight excluding hydrogens is 676 g/mol. The molecule has 19 heteroatoms. The number of carbonyl (C=O) groups is 2. The van der Waals surface area contributed by atoms with Crippen molar-refractivity contribution in [3.63, 3.8) is 0 Å². The maximum absolute atomic E-state index is 12.5. The second-order valence-corrected chi connectivity index (χ2v) is 14.3. The Morgan fingerprint density at radius 3 is 1.70 bits per heavy atom. The van der Waals surface area contributed by atoms with Crippen LogP contribution < -0.4 is 0 Å². The summed E-state index contributed by atoms with van der Waals surface area (Å²) in [5.41, 5.74) is 0. The van der Waals surface area contributed by atoms with Crippen LogP contribution in [-0.2, 0) is 38.0 Å². The van der Waals surface area contributed by atoms with E-state index in [0.29, 0.717) is 12.8 Å². The first kappa shape index (κ1) is 38.1. The Kier molecular flexibility index (Phi) is 12.0. The normalized spacial score (nSPS) is 52.7. The van der Waals surface area contributed by atoms with E-state index in [1.165, 1.54) is 0 Å². The third kappa shape index (κ3) is 7.97. The topological polar surface area (TPSA) is 305 Å². The molecule has 6 rings (SSSR count). The number of esters is 2. The molecule has 4 saturated heterocycles. The average molecular weight is 726 g/mol. The van der Waals surface area contributed by atoms with Crippen molar-refractivity contribution in [3.8, 4) is 0 Å². The zero-order valence-electron chi connectivity index (χ0n) is 27.1. The molecule has 0 radical (unpaired) electrons. The third-order valence-corrected chi connectivity index (χ3v) is 10.9. The van der Waals surface area contributed by atoms with Gasteiger partial charge in [0.2, 0.25) is 0 Å². The monoisotopic (exact) mass is 725 g/mol. The Bertz CT molecular complexity index is 1180.